The van der Waals surface area contributed by atoms with Crippen molar-refractivity contribution in [2.45, 2.75) is 4.90 Å². The van der Waals surface area contributed by atoms with Crippen molar-refractivity contribution in [2.75, 3.05) is 12.0 Å². The Morgan fingerprint density at radius 3 is 2.21 bits per heavy atom. The lowest BCUT2D eigenvalue weighted by atomic mass is 10.3. The molecule has 0 saturated heterocycles. The van der Waals surface area contributed by atoms with Gasteiger partial charge in [0.1, 0.15) is 22.1 Å². The van der Waals surface area contributed by atoms with Crippen LogP contribution in [0, 0.1) is 0 Å². The van der Waals surface area contributed by atoms with Crippen molar-refractivity contribution in [1.82, 2.24) is 0 Å². The van der Waals surface area contributed by atoms with Crippen molar-refractivity contribution in [1.29, 1.82) is 0 Å². The van der Waals surface area contributed by atoms with Gasteiger partial charge in [-0.1, -0.05) is 0 Å². The third kappa shape index (κ3) is 3.17. The van der Waals surface area contributed by atoms with Crippen molar-refractivity contribution >= 4 is 15.5 Å². The monoisotopic (exact) mass is 279 g/mol. The maximum Gasteiger partial charge on any atom is 0.179 e. The summed E-state index contributed by atoms with van der Waals surface area (Å²) in [7, 11) is -3.50. The lowest BCUT2D eigenvalue weighted by molar-refractivity contribution is 0.449. The number of phenolic OH excluding ortho intramolecular Hbond substituents is 1. The molecule has 6 heteroatoms. The number of hydrogen-bond acceptors (Lipinski definition) is 5. The molecule has 0 aromatic heterocycles. The van der Waals surface area contributed by atoms with Crippen molar-refractivity contribution in [3.05, 3.63) is 42.5 Å². The second-order valence-corrected chi connectivity index (χ2v) is 6.06. The number of benzene rings is 2. The van der Waals surface area contributed by atoms with E-state index >= 15 is 0 Å². The first-order valence-corrected chi connectivity index (χ1v) is 7.32. The molecule has 0 saturated carbocycles. The topological polar surface area (TPSA) is 89.6 Å². The molecule has 5 nitrogen and oxygen atoms in total. The number of aromatic hydroxyl groups is 1. The average molecular weight is 279 g/mol. The standard InChI is InChI=1S/C13H13NO4S/c1-19(16,17)13-8-11(6-7-12(13)15)18-10-4-2-9(14)3-5-10/h2-8,15H,14H2,1H3. The first-order valence-electron chi connectivity index (χ1n) is 5.43. The van der Waals surface area contributed by atoms with Gasteiger partial charge in [0.15, 0.2) is 9.84 Å². The van der Waals surface area contributed by atoms with Crippen LogP contribution < -0.4 is 10.5 Å². The van der Waals surface area contributed by atoms with Gasteiger partial charge in [0.25, 0.3) is 0 Å². The maximum atomic E-state index is 11.5. The summed E-state index contributed by atoms with van der Waals surface area (Å²) in [6.07, 6.45) is 1.02. The van der Waals surface area contributed by atoms with Gasteiger partial charge in [-0.15, -0.1) is 0 Å². The quantitative estimate of drug-likeness (QED) is 0.840. The Morgan fingerprint density at radius 2 is 1.63 bits per heavy atom. The highest BCUT2D eigenvalue weighted by Gasteiger charge is 2.14. The molecule has 0 unspecified atom stereocenters. The Bertz CT molecular complexity index is 693. The fourth-order valence-electron chi connectivity index (χ4n) is 1.53. The molecule has 0 aliphatic heterocycles. The number of rotatable bonds is 3. The highest BCUT2D eigenvalue weighted by atomic mass is 32.2. The van der Waals surface area contributed by atoms with Gasteiger partial charge < -0.3 is 15.6 Å². The molecular formula is C13H13NO4S. The van der Waals surface area contributed by atoms with E-state index in [0.29, 0.717) is 17.2 Å². The Kier molecular flexibility index (Phi) is 3.35. The zero-order valence-electron chi connectivity index (χ0n) is 10.2. The Morgan fingerprint density at radius 1 is 1.05 bits per heavy atom. The second kappa shape index (κ2) is 4.81. The van der Waals surface area contributed by atoms with Gasteiger partial charge in [0.05, 0.1) is 0 Å². The third-order valence-corrected chi connectivity index (χ3v) is 3.57. The van der Waals surface area contributed by atoms with E-state index < -0.39 is 9.84 Å². The molecule has 19 heavy (non-hydrogen) atoms. The van der Waals surface area contributed by atoms with Crippen LogP contribution in [0.4, 0.5) is 5.69 Å². The summed E-state index contributed by atoms with van der Waals surface area (Å²) in [6, 6.07) is 10.7. The number of anilines is 1. The molecule has 0 aliphatic carbocycles. The average Bonchev–Trinajstić information content (AvgIpc) is 2.33. The van der Waals surface area contributed by atoms with E-state index in [0.717, 1.165) is 6.26 Å². The van der Waals surface area contributed by atoms with E-state index in [1.807, 2.05) is 0 Å². The van der Waals surface area contributed by atoms with Crippen LogP contribution in [0.15, 0.2) is 47.4 Å². The molecule has 100 valence electrons. The van der Waals surface area contributed by atoms with E-state index in [4.69, 9.17) is 10.5 Å². The number of sulfone groups is 1. The van der Waals surface area contributed by atoms with E-state index in [1.165, 1.54) is 18.2 Å². The summed E-state index contributed by atoms with van der Waals surface area (Å²) in [6.45, 7) is 0. The second-order valence-electron chi connectivity index (χ2n) is 4.07. The first kappa shape index (κ1) is 13.2. The predicted molar refractivity (Wildman–Crippen MR) is 72.1 cm³/mol. The fourth-order valence-corrected chi connectivity index (χ4v) is 2.31. The van der Waals surface area contributed by atoms with Crippen LogP contribution in [-0.4, -0.2) is 19.8 Å². The van der Waals surface area contributed by atoms with Crippen LogP contribution in [0.3, 0.4) is 0 Å². The molecule has 2 aromatic carbocycles. The summed E-state index contributed by atoms with van der Waals surface area (Å²) >= 11 is 0. The molecule has 0 radical (unpaired) electrons. The molecule has 0 fully saturated rings. The van der Waals surface area contributed by atoms with Crippen LogP contribution >= 0.6 is 0 Å². The SMILES string of the molecule is CS(=O)(=O)c1cc(Oc2ccc(N)cc2)ccc1O. The van der Waals surface area contributed by atoms with Crippen LogP contribution in [0.5, 0.6) is 17.2 Å². The van der Waals surface area contributed by atoms with Crippen molar-refractivity contribution in [2.24, 2.45) is 0 Å². The molecule has 2 rings (SSSR count). The molecule has 0 aliphatic rings. The highest BCUT2D eigenvalue weighted by Crippen LogP contribution is 2.30. The zero-order chi connectivity index (χ0) is 14.0. The summed E-state index contributed by atoms with van der Waals surface area (Å²) in [5.41, 5.74) is 6.16. The molecule has 3 N–H and O–H groups in total. The van der Waals surface area contributed by atoms with Crippen molar-refractivity contribution in [3.63, 3.8) is 0 Å². The van der Waals surface area contributed by atoms with E-state index in [-0.39, 0.29) is 10.6 Å². The van der Waals surface area contributed by atoms with Gasteiger partial charge in [-0.05, 0) is 36.4 Å². The number of ether oxygens (including phenoxy) is 1. The zero-order valence-corrected chi connectivity index (χ0v) is 11.0. The highest BCUT2D eigenvalue weighted by molar-refractivity contribution is 7.90. The number of nitrogens with two attached hydrogens (primary N) is 1. The van der Waals surface area contributed by atoms with Gasteiger partial charge in [-0.3, -0.25) is 0 Å². The summed E-state index contributed by atoms with van der Waals surface area (Å²) < 4.78 is 28.4. The van der Waals surface area contributed by atoms with Gasteiger partial charge in [0.2, 0.25) is 0 Å². The Hall–Kier alpha value is -2.21. The van der Waals surface area contributed by atoms with Crippen molar-refractivity contribution in [3.8, 4) is 17.2 Å². The maximum absolute atomic E-state index is 11.5. The van der Waals surface area contributed by atoms with E-state index in [1.54, 1.807) is 24.3 Å². The minimum atomic E-state index is -3.50. The van der Waals surface area contributed by atoms with E-state index in [2.05, 4.69) is 0 Å². The number of hydrogen-bond donors (Lipinski definition) is 2. The summed E-state index contributed by atoms with van der Waals surface area (Å²) in [4.78, 5) is -0.166. The number of phenols is 1. The predicted octanol–water partition coefficient (Wildman–Crippen LogP) is 2.17. The molecule has 0 atom stereocenters. The van der Waals surface area contributed by atoms with Gasteiger partial charge >= 0.3 is 0 Å². The molecule has 0 amide bonds. The summed E-state index contributed by atoms with van der Waals surface area (Å²) in [5.74, 6) is 0.550. The molecule has 2 aromatic rings. The lowest BCUT2D eigenvalue weighted by Crippen LogP contribution is -1.98. The normalized spacial score (nSPS) is 11.2. The van der Waals surface area contributed by atoms with Crippen LogP contribution in [0.25, 0.3) is 0 Å². The minimum absolute atomic E-state index is 0.166. The summed E-state index contributed by atoms with van der Waals surface area (Å²) in [5, 5.41) is 9.52. The van der Waals surface area contributed by atoms with Gasteiger partial charge in [0, 0.05) is 18.0 Å². The minimum Gasteiger partial charge on any atom is -0.507 e. The number of nitrogen functional groups attached to an aromatic ring is 1. The molecule has 0 spiro atoms. The van der Waals surface area contributed by atoms with Gasteiger partial charge in [-0.2, -0.15) is 0 Å². The van der Waals surface area contributed by atoms with Crippen LogP contribution in [0.2, 0.25) is 0 Å². The Balaban J connectivity index is 2.34. The van der Waals surface area contributed by atoms with E-state index in [9.17, 15) is 13.5 Å². The lowest BCUT2D eigenvalue weighted by Gasteiger charge is -2.08. The van der Waals surface area contributed by atoms with Crippen LogP contribution in [-0.2, 0) is 9.84 Å². The van der Waals surface area contributed by atoms with Crippen molar-refractivity contribution < 1.29 is 18.3 Å². The molecular weight excluding hydrogens is 266 g/mol. The molecule has 0 heterocycles. The molecule has 0 bridgehead atoms. The van der Waals surface area contributed by atoms with Gasteiger partial charge in [-0.25, -0.2) is 8.42 Å². The first-order chi connectivity index (χ1) is 8.86. The Labute approximate surface area is 111 Å². The third-order valence-electron chi connectivity index (χ3n) is 2.45. The smallest absolute Gasteiger partial charge is 0.179 e. The largest absolute Gasteiger partial charge is 0.507 e. The van der Waals surface area contributed by atoms with Crippen LogP contribution in [0.1, 0.15) is 0 Å². The fraction of sp³-hybridized carbons (Fsp3) is 0.0769.